The Bertz CT molecular complexity index is 480. The van der Waals surface area contributed by atoms with Crippen molar-refractivity contribution in [3.8, 4) is 0 Å². The topological polar surface area (TPSA) is 24.9 Å². The lowest BCUT2D eigenvalue weighted by Gasteiger charge is -2.39. The molecular formula is C17H26N2. The highest BCUT2D eigenvalue weighted by atomic mass is 15.0. The number of hydrogen-bond donors (Lipinski definition) is 1. The normalized spacial score (nSPS) is 35.8. The van der Waals surface area contributed by atoms with Crippen LogP contribution in [0.15, 0.2) is 18.2 Å². The van der Waals surface area contributed by atoms with E-state index in [1.165, 1.54) is 25.0 Å². The summed E-state index contributed by atoms with van der Waals surface area (Å²) in [6, 6.07) is 6.95. The predicted molar refractivity (Wildman–Crippen MR) is 78.8 cm³/mol. The first-order chi connectivity index (χ1) is 8.93. The van der Waals surface area contributed by atoms with E-state index in [1.54, 1.807) is 0 Å². The van der Waals surface area contributed by atoms with E-state index in [0.29, 0.717) is 16.9 Å². The van der Waals surface area contributed by atoms with Gasteiger partial charge in [-0.3, -0.25) is 4.98 Å². The lowest BCUT2D eigenvalue weighted by molar-refractivity contribution is 0.120. The Morgan fingerprint density at radius 2 is 2.11 bits per heavy atom. The highest BCUT2D eigenvalue weighted by molar-refractivity contribution is 5.14. The number of hydrogen-bond acceptors (Lipinski definition) is 2. The molecule has 1 N–H and O–H groups in total. The summed E-state index contributed by atoms with van der Waals surface area (Å²) in [4.78, 5) is 4.59. The largest absolute Gasteiger partial charge is 0.308 e. The van der Waals surface area contributed by atoms with E-state index in [9.17, 15) is 0 Å². The Hall–Kier alpha value is -0.890. The molecule has 0 aromatic carbocycles. The van der Waals surface area contributed by atoms with E-state index >= 15 is 0 Å². The van der Waals surface area contributed by atoms with Crippen LogP contribution in [0.3, 0.4) is 0 Å². The van der Waals surface area contributed by atoms with Gasteiger partial charge in [0.1, 0.15) is 0 Å². The van der Waals surface area contributed by atoms with Gasteiger partial charge in [0.25, 0.3) is 0 Å². The van der Waals surface area contributed by atoms with E-state index in [-0.39, 0.29) is 0 Å². The number of nitrogens with zero attached hydrogens (tertiary/aromatic N) is 1. The second-order valence-corrected chi connectivity index (χ2v) is 7.31. The Kier molecular flexibility index (Phi) is 2.97. The lowest BCUT2D eigenvalue weighted by Crippen LogP contribution is -2.44. The molecule has 0 saturated heterocycles. The molecule has 0 amide bonds. The third-order valence-electron chi connectivity index (χ3n) is 6.27. The molecule has 2 heteroatoms. The van der Waals surface area contributed by atoms with E-state index in [0.717, 1.165) is 18.2 Å². The maximum atomic E-state index is 4.59. The zero-order valence-corrected chi connectivity index (χ0v) is 12.7. The maximum Gasteiger partial charge on any atom is 0.0544 e. The maximum absolute atomic E-state index is 4.59. The highest BCUT2D eigenvalue weighted by Crippen LogP contribution is 2.65. The number of nitrogens with one attached hydrogen (secondary N) is 1. The minimum Gasteiger partial charge on any atom is -0.308 e. The van der Waals surface area contributed by atoms with Gasteiger partial charge in [-0.2, -0.15) is 0 Å². The van der Waals surface area contributed by atoms with Gasteiger partial charge in [-0.25, -0.2) is 0 Å². The van der Waals surface area contributed by atoms with Crippen molar-refractivity contribution in [3.05, 3.63) is 29.6 Å². The van der Waals surface area contributed by atoms with Gasteiger partial charge in [-0.1, -0.05) is 26.8 Å². The molecule has 2 aliphatic carbocycles. The summed E-state index contributed by atoms with van der Waals surface area (Å²) in [6.45, 7) is 10.4. The second kappa shape index (κ2) is 4.31. The van der Waals surface area contributed by atoms with Crippen molar-refractivity contribution >= 4 is 0 Å². The molecule has 0 radical (unpaired) electrons. The van der Waals surface area contributed by atoms with Gasteiger partial charge in [0.2, 0.25) is 0 Å². The molecule has 1 heterocycles. The molecule has 2 bridgehead atoms. The van der Waals surface area contributed by atoms with E-state index < -0.39 is 0 Å². The molecule has 0 unspecified atom stereocenters. The third-order valence-corrected chi connectivity index (χ3v) is 6.27. The van der Waals surface area contributed by atoms with Crippen molar-refractivity contribution < 1.29 is 0 Å². The zero-order chi connectivity index (χ0) is 13.7. The molecule has 3 rings (SSSR count). The van der Waals surface area contributed by atoms with Crippen molar-refractivity contribution in [1.29, 1.82) is 0 Å². The van der Waals surface area contributed by atoms with Gasteiger partial charge in [-0.05, 0) is 55.1 Å². The van der Waals surface area contributed by atoms with Crippen LogP contribution in [0.25, 0.3) is 0 Å². The number of pyridine rings is 1. The van der Waals surface area contributed by atoms with Crippen LogP contribution in [0.4, 0.5) is 0 Å². The molecule has 19 heavy (non-hydrogen) atoms. The molecule has 104 valence electrons. The molecule has 2 aliphatic rings. The zero-order valence-electron chi connectivity index (χ0n) is 12.7. The van der Waals surface area contributed by atoms with Gasteiger partial charge in [0.05, 0.1) is 5.69 Å². The molecular weight excluding hydrogens is 232 g/mol. The molecule has 3 atom stereocenters. The number of fused-ring (bicyclic) bond motifs is 2. The molecule has 2 fully saturated rings. The fraction of sp³-hybridized carbons (Fsp3) is 0.706. The van der Waals surface area contributed by atoms with E-state index in [1.807, 2.05) is 0 Å². The third kappa shape index (κ3) is 1.92. The van der Waals surface area contributed by atoms with Crippen molar-refractivity contribution in [1.82, 2.24) is 10.3 Å². The monoisotopic (exact) mass is 258 g/mol. The quantitative estimate of drug-likeness (QED) is 0.894. The minimum absolute atomic E-state index is 0.460. The smallest absolute Gasteiger partial charge is 0.0544 e. The van der Waals surface area contributed by atoms with E-state index in [4.69, 9.17) is 0 Å². The first-order valence-corrected chi connectivity index (χ1v) is 7.59. The van der Waals surface area contributed by atoms with Crippen LogP contribution in [0.2, 0.25) is 0 Å². The number of aromatic nitrogens is 1. The predicted octanol–water partition coefficient (Wildman–Crippen LogP) is 3.69. The molecule has 2 nitrogen and oxygen atoms in total. The van der Waals surface area contributed by atoms with Crippen LogP contribution < -0.4 is 5.32 Å². The standard InChI is InChI=1S/C17H26N2/c1-12-6-5-7-14(19-12)11-18-15-10-13-8-9-17(15,4)16(13,2)3/h5-7,13,15,18H,8-11H2,1-4H3/t13-,15-,17+/m1/s1. The molecule has 0 spiro atoms. The van der Waals surface area contributed by atoms with Crippen molar-refractivity contribution in [2.45, 2.75) is 59.5 Å². The van der Waals surface area contributed by atoms with E-state index in [2.05, 4.69) is 56.2 Å². The Morgan fingerprint density at radius 3 is 2.68 bits per heavy atom. The SMILES string of the molecule is Cc1cccc(CN[C@@H]2C[C@H]3CC[C@]2(C)C3(C)C)n1. The van der Waals surface area contributed by atoms with Gasteiger partial charge in [-0.15, -0.1) is 0 Å². The van der Waals surface area contributed by atoms with Crippen LogP contribution in [-0.2, 0) is 6.54 Å². The van der Waals surface area contributed by atoms with Crippen molar-refractivity contribution in [3.63, 3.8) is 0 Å². The summed E-state index contributed by atoms with van der Waals surface area (Å²) in [5.41, 5.74) is 3.23. The minimum atomic E-state index is 0.460. The molecule has 0 aliphatic heterocycles. The summed E-state index contributed by atoms with van der Waals surface area (Å²) in [7, 11) is 0. The highest BCUT2D eigenvalue weighted by Gasteiger charge is 2.60. The van der Waals surface area contributed by atoms with Crippen molar-refractivity contribution in [2.75, 3.05) is 0 Å². The van der Waals surface area contributed by atoms with Crippen LogP contribution in [0, 0.1) is 23.7 Å². The summed E-state index contributed by atoms with van der Waals surface area (Å²) in [5, 5.41) is 3.79. The fourth-order valence-electron chi connectivity index (χ4n) is 4.44. The van der Waals surface area contributed by atoms with Crippen molar-refractivity contribution in [2.24, 2.45) is 16.7 Å². The average Bonchev–Trinajstić information content (AvgIpc) is 2.69. The Morgan fingerprint density at radius 1 is 1.32 bits per heavy atom. The number of aryl methyl sites for hydroxylation is 1. The average molecular weight is 258 g/mol. The summed E-state index contributed by atoms with van der Waals surface area (Å²) in [6.07, 6.45) is 4.14. The van der Waals surface area contributed by atoms with Crippen LogP contribution in [-0.4, -0.2) is 11.0 Å². The molecule has 1 aromatic heterocycles. The second-order valence-electron chi connectivity index (χ2n) is 7.31. The molecule has 2 saturated carbocycles. The first-order valence-electron chi connectivity index (χ1n) is 7.59. The summed E-state index contributed by atoms with van der Waals surface area (Å²) >= 11 is 0. The fourth-order valence-corrected chi connectivity index (χ4v) is 4.44. The van der Waals surface area contributed by atoms with Gasteiger partial charge in [0, 0.05) is 18.3 Å². The van der Waals surface area contributed by atoms with Gasteiger partial charge in [0.15, 0.2) is 0 Å². The van der Waals surface area contributed by atoms with Crippen LogP contribution >= 0.6 is 0 Å². The summed E-state index contributed by atoms with van der Waals surface area (Å²) < 4.78 is 0. The number of rotatable bonds is 3. The molecule has 1 aromatic rings. The summed E-state index contributed by atoms with van der Waals surface area (Å²) in [5.74, 6) is 0.903. The Balaban J connectivity index is 1.69. The van der Waals surface area contributed by atoms with Gasteiger partial charge >= 0.3 is 0 Å². The lowest BCUT2D eigenvalue weighted by atomic mass is 9.69. The van der Waals surface area contributed by atoms with Gasteiger partial charge < -0.3 is 5.32 Å². The van der Waals surface area contributed by atoms with Crippen LogP contribution in [0.1, 0.15) is 51.4 Å². The first kappa shape index (κ1) is 13.1. The Labute approximate surface area is 117 Å². The van der Waals surface area contributed by atoms with Crippen LogP contribution in [0.5, 0.6) is 0 Å².